The fraction of sp³-hybridized carbons (Fsp3) is 0.600. The van der Waals surface area contributed by atoms with E-state index in [1.165, 1.54) is 0 Å². The minimum atomic E-state index is -4.51. The molecule has 0 saturated carbocycles. The number of aromatic nitrogens is 2. The van der Waals surface area contributed by atoms with E-state index in [2.05, 4.69) is 10.4 Å². The molecule has 102 valence electrons. The van der Waals surface area contributed by atoms with Gasteiger partial charge in [0.1, 0.15) is 6.54 Å². The van der Waals surface area contributed by atoms with Crippen LogP contribution in [-0.4, -0.2) is 33.4 Å². The van der Waals surface area contributed by atoms with Crippen LogP contribution in [-0.2, 0) is 17.5 Å². The van der Waals surface area contributed by atoms with E-state index in [4.69, 9.17) is 5.11 Å². The summed E-state index contributed by atoms with van der Waals surface area (Å²) < 4.78 is 37.7. The van der Waals surface area contributed by atoms with Crippen molar-refractivity contribution >= 4 is 5.91 Å². The van der Waals surface area contributed by atoms with Crippen molar-refractivity contribution in [2.75, 3.05) is 6.61 Å². The van der Waals surface area contributed by atoms with Crippen molar-refractivity contribution in [3.8, 4) is 0 Å². The summed E-state index contributed by atoms with van der Waals surface area (Å²) in [5.41, 5.74) is -1.03. The van der Waals surface area contributed by atoms with Gasteiger partial charge in [-0.25, -0.2) is 0 Å². The van der Waals surface area contributed by atoms with Gasteiger partial charge in [-0.1, -0.05) is 0 Å². The third-order valence-electron chi connectivity index (χ3n) is 2.21. The summed E-state index contributed by atoms with van der Waals surface area (Å²) in [5, 5.41) is 14.4. The lowest BCUT2D eigenvalue weighted by Gasteiger charge is -2.12. The van der Waals surface area contributed by atoms with Crippen LogP contribution in [0.25, 0.3) is 0 Å². The largest absolute Gasteiger partial charge is 0.435 e. The Morgan fingerprint density at radius 3 is 2.78 bits per heavy atom. The molecule has 1 rings (SSSR count). The van der Waals surface area contributed by atoms with E-state index >= 15 is 0 Å². The van der Waals surface area contributed by atoms with Crippen LogP contribution in [0, 0.1) is 0 Å². The highest BCUT2D eigenvalue weighted by molar-refractivity contribution is 5.75. The molecule has 18 heavy (non-hydrogen) atoms. The highest BCUT2D eigenvalue weighted by Crippen LogP contribution is 2.27. The Hall–Kier alpha value is -1.57. The molecule has 8 heteroatoms. The van der Waals surface area contributed by atoms with Crippen LogP contribution in [0.2, 0.25) is 0 Å². The standard InChI is InChI=1S/C10H14F3N3O2/c1-7(3-5-17)14-9(18)6-16-4-2-8(15-16)10(11,12)13/h2,4,7,17H,3,5-6H2,1H3,(H,14,18). The quantitative estimate of drug-likeness (QED) is 0.827. The number of hydrogen-bond donors (Lipinski definition) is 2. The van der Waals surface area contributed by atoms with E-state index in [-0.39, 0.29) is 19.2 Å². The van der Waals surface area contributed by atoms with E-state index in [0.717, 1.165) is 16.9 Å². The summed E-state index contributed by atoms with van der Waals surface area (Å²) in [6.45, 7) is 1.34. The third kappa shape index (κ3) is 4.36. The van der Waals surface area contributed by atoms with Gasteiger partial charge >= 0.3 is 6.18 Å². The van der Waals surface area contributed by atoms with Gasteiger partial charge in [0.15, 0.2) is 5.69 Å². The molecule has 0 saturated heterocycles. The second-order valence-electron chi connectivity index (χ2n) is 3.88. The maximum Gasteiger partial charge on any atom is 0.435 e. The smallest absolute Gasteiger partial charge is 0.396 e. The molecule has 1 aromatic rings. The van der Waals surface area contributed by atoms with E-state index in [1.54, 1.807) is 6.92 Å². The number of alkyl halides is 3. The Kier molecular flexibility index (Phi) is 4.71. The van der Waals surface area contributed by atoms with Crippen molar-refractivity contribution < 1.29 is 23.1 Å². The Bertz CT molecular complexity index is 403. The first kappa shape index (κ1) is 14.5. The number of hydrogen-bond acceptors (Lipinski definition) is 3. The van der Waals surface area contributed by atoms with Gasteiger partial charge in [0.25, 0.3) is 0 Å². The molecule has 1 aromatic heterocycles. The van der Waals surface area contributed by atoms with Crippen molar-refractivity contribution in [1.29, 1.82) is 0 Å². The fourth-order valence-corrected chi connectivity index (χ4v) is 1.33. The molecule has 0 radical (unpaired) electrons. The average molecular weight is 265 g/mol. The highest BCUT2D eigenvalue weighted by Gasteiger charge is 2.33. The molecular weight excluding hydrogens is 251 g/mol. The van der Waals surface area contributed by atoms with Crippen LogP contribution < -0.4 is 5.32 Å². The van der Waals surface area contributed by atoms with E-state index in [1.807, 2.05) is 0 Å². The Balaban J connectivity index is 2.52. The molecule has 0 aromatic carbocycles. The molecule has 1 heterocycles. The second-order valence-corrected chi connectivity index (χ2v) is 3.88. The molecule has 0 bridgehead atoms. The SMILES string of the molecule is CC(CCO)NC(=O)Cn1ccc(C(F)(F)F)n1. The van der Waals surface area contributed by atoms with Gasteiger partial charge in [-0.3, -0.25) is 9.48 Å². The van der Waals surface area contributed by atoms with E-state index < -0.39 is 17.8 Å². The number of halogens is 3. The lowest BCUT2D eigenvalue weighted by molar-refractivity contribution is -0.141. The molecule has 1 atom stereocenters. The maximum atomic E-state index is 12.2. The van der Waals surface area contributed by atoms with Crippen molar-refractivity contribution in [2.45, 2.75) is 32.1 Å². The van der Waals surface area contributed by atoms with Gasteiger partial charge < -0.3 is 10.4 Å². The zero-order valence-corrected chi connectivity index (χ0v) is 9.74. The van der Waals surface area contributed by atoms with Gasteiger partial charge in [0.2, 0.25) is 5.91 Å². The summed E-state index contributed by atoms with van der Waals surface area (Å²) in [7, 11) is 0. The van der Waals surface area contributed by atoms with E-state index in [0.29, 0.717) is 6.42 Å². The maximum absolute atomic E-state index is 12.2. The zero-order chi connectivity index (χ0) is 13.8. The number of rotatable bonds is 5. The monoisotopic (exact) mass is 265 g/mol. The molecule has 0 fully saturated rings. The summed E-state index contributed by atoms with van der Waals surface area (Å²) >= 11 is 0. The summed E-state index contributed by atoms with van der Waals surface area (Å²) in [6, 6.07) is 0.574. The molecular formula is C10H14F3N3O2. The lowest BCUT2D eigenvalue weighted by atomic mass is 10.2. The number of aliphatic hydroxyl groups is 1. The number of aliphatic hydroxyl groups excluding tert-OH is 1. The van der Waals surface area contributed by atoms with Crippen LogP contribution in [0.4, 0.5) is 13.2 Å². The van der Waals surface area contributed by atoms with Gasteiger partial charge in [0.05, 0.1) is 0 Å². The predicted octanol–water partition coefficient (Wildman–Crippen LogP) is 0.789. The fourth-order valence-electron chi connectivity index (χ4n) is 1.33. The summed E-state index contributed by atoms with van der Waals surface area (Å²) in [6.07, 6.45) is -3.02. The highest BCUT2D eigenvalue weighted by atomic mass is 19.4. The first-order valence-corrected chi connectivity index (χ1v) is 5.34. The van der Waals surface area contributed by atoms with Crippen molar-refractivity contribution in [1.82, 2.24) is 15.1 Å². The normalized spacial score (nSPS) is 13.4. The van der Waals surface area contributed by atoms with Crippen molar-refractivity contribution in [3.05, 3.63) is 18.0 Å². The first-order chi connectivity index (χ1) is 8.32. The number of nitrogens with one attached hydrogen (secondary N) is 1. The van der Waals surface area contributed by atoms with Gasteiger partial charge in [-0.05, 0) is 19.4 Å². The number of carbonyl (C=O) groups is 1. The van der Waals surface area contributed by atoms with Gasteiger partial charge in [-0.15, -0.1) is 0 Å². The molecule has 0 aliphatic carbocycles. The number of nitrogens with zero attached hydrogens (tertiary/aromatic N) is 2. The Morgan fingerprint density at radius 2 is 2.28 bits per heavy atom. The van der Waals surface area contributed by atoms with Gasteiger partial charge in [0, 0.05) is 18.8 Å². The molecule has 1 unspecified atom stereocenters. The van der Waals surface area contributed by atoms with Crippen LogP contribution in [0.1, 0.15) is 19.0 Å². The molecule has 1 amide bonds. The van der Waals surface area contributed by atoms with Crippen molar-refractivity contribution in [2.24, 2.45) is 0 Å². The van der Waals surface area contributed by atoms with Crippen LogP contribution >= 0.6 is 0 Å². The lowest BCUT2D eigenvalue weighted by Crippen LogP contribution is -2.35. The second kappa shape index (κ2) is 5.85. The molecule has 0 spiro atoms. The van der Waals surface area contributed by atoms with Crippen LogP contribution in [0.15, 0.2) is 12.3 Å². The van der Waals surface area contributed by atoms with Crippen molar-refractivity contribution in [3.63, 3.8) is 0 Å². The summed E-state index contributed by atoms with van der Waals surface area (Å²) in [5.74, 6) is -0.451. The Morgan fingerprint density at radius 1 is 1.61 bits per heavy atom. The molecule has 5 nitrogen and oxygen atoms in total. The topological polar surface area (TPSA) is 67.2 Å². The number of carbonyl (C=O) groups excluding carboxylic acids is 1. The van der Waals surface area contributed by atoms with Crippen LogP contribution in [0.3, 0.4) is 0 Å². The molecule has 2 N–H and O–H groups in total. The van der Waals surface area contributed by atoms with Crippen LogP contribution in [0.5, 0.6) is 0 Å². The minimum absolute atomic E-state index is 0.0680. The Labute approximate surface area is 102 Å². The predicted molar refractivity (Wildman–Crippen MR) is 56.5 cm³/mol. The number of amides is 1. The molecule has 0 aliphatic rings. The van der Waals surface area contributed by atoms with Gasteiger partial charge in [-0.2, -0.15) is 18.3 Å². The third-order valence-corrected chi connectivity index (χ3v) is 2.21. The average Bonchev–Trinajstić information content (AvgIpc) is 2.65. The minimum Gasteiger partial charge on any atom is -0.396 e. The zero-order valence-electron chi connectivity index (χ0n) is 9.74. The van der Waals surface area contributed by atoms with E-state index in [9.17, 15) is 18.0 Å². The summed E-state index contributed by atoms with van der Waals surface area (Å²) in [4.78, 5) is 11.4. The molecule has 0 aliphatic heterocycles. The first-order valence-electron chi connectivity index (χ1n) is 5.34.